The van der Waals surface area contributed by atoms with Gasteiger partial charge in [0, 0.05) is 5.92 Å². The fraction of sp³-hybridized carbons (Fsp3) is 0.400. The lowest BCUT2D eigenvalue weighted by molar-refractivity contribution is 0.00157. The fourth-order valence-corrected chi connectivity index (χ4v) is 4.62. The van der Waals surface area contributed by atoms with Crippen molar-refractivity contribution in [1.29, 1.82) is 0 Å². The molecule has 0 bridgehead atoms. The van der Waals surface area contributed by atoms with Crippen LogP contribution < -0.4 is 9.47 Å². The summed E-state index contributed by atoms with van der Waals surface area (Å²) in [4.78, 5) is 0. The number of ether oxygens (including phenoxy) is 3. The molecule has 0 radical (unpaired) electrons. The van der Waals surface area contributed by atoms with Gasteiger partial charge in [-0.25, -0.2) is 13.2 Å². The Morgan fingerprint density at radius 3 is 2.17 bits per heavy atom. The molecule has 6 heteroatoms. The van der Waals surface area contributed by atoms with Gasteiger partial charge in [0.1, 0.15) is 17.3 Å². The third-order valence-electron chi connectivity index (χ3n) is 6.64. The van der Waals surface area contributed by atoms with E-state index in [-0.39, 0.29) is 36.5 Å². The molecule has 0 saturated carbocycles. The van der Waals surface area contributed by atoms with Crippen molar-refractivity contribution in [2.45, 2.75) is 58.0 Å². The molecule has 192 valence electrons. The van der Waals surface area contributed by atoms with Crippen LogP contribution in [-0.2, 0) is 4.74 Å². The van der Waals surface area contributed by atoms with Crippen LogP contribution in [-0.4, -0.2) is 19.8 Å². The van der Waals surface area contributed by atoms with Crippen molar-refractivity contribution in [1.82, 2.24) is 0 Å². The maximum atomic E-state index is 15.0. The van der Waals surface area contributed by atoms with Crippen LogP contribution in [0.25, 0.3) is 11.1 Å². The molecule has 0 aromatic heterocycles. The van der Waals surface area contributed by atoms with E-state index in [1.165, 1.54) is 6.07 Å². The summed E-state index contributed by atoms with van der Waals surface area (Å²) in [6, 6.07) is 19.3. The van der Waals surface area contributed by atoms with Crippen LogP contribution in [0.1, 0.15) is 74.7 Å². The average Bonchev–Trinajstić information content (AvgIpc) is 2.90. The van der Waals surface area contributed by atoms with Crippen molar-refractivity contribution < 1.29 is 27.4 Å². The highest BCUT2D eigenvalue weighted by atomic mass is 19.3. The van der Waals surface area contributed by atoms with E-state index in [0.29, 0.717) is 12.8 Å². The molecule has 0 aliphatic carbocycles. The minimum atomic E-state index is -2.94. The fourth-order valence-electron chi connectivity index (χ4n) is 4.62. The summed E-state index contributed by atoms with van der Waals surface area (Å²) < 4.78 is 59.1. The zero-order chi connectivity index (χ0) is 25.5. The second kappa shape index (κ2) is 12.3. The Balaban J connectivity index is 1.38. The molecular formula is C30H33F3O3. The van der Waals surface area contributed by atoms with Gasteiger partial charge in [-0.3, -0.25) is 0 Å². The van der Waals surface area contributed by atoms with Crippen molar-refractivity contribution in [3.63, 3.8) is 0 Å². The minimum Gasteiger partial charge on any atom is -0.494 e. The summed E-state index contributed by atoms with van der Waals surface area (Å²) in [6.07, 6.45) is 0.439. The van der Waals surface area contributed by atoms with Gasteiger partial charge in [-0.05, 0) is 66.6 Å². The molecule has 1 fully saturated rings. The number of unbranched alkanes of at least 4 members (excludes halogenated alkanes) is 1. The Labute approximate surface area is 211 Å². The highest BCUT2D eigenvalue weighted by Gasteiger charge is 2.30. The summed E-state index contributed by atoms with van der Waals surface area (Å²) in [5.41, 5.74) is 2.87. The van der Waals surface area contributed by atoms with E-state index in [0.717, 1.165) is 41.9 Å². The van der Waals surface area contributed by atoms with Crippen LogP contribution in [0, 0.1) is 5.82 Å². The van der Waals surface area contributed by atoms with E-state index < -0.39 is 17.8 Å². The highest BCUT2D eigenvalue weighted by molar-refractivity contribution is 5.64. The second-order valence-corrected chi connectivity index (χ2v) is 9.06. The molecule has 1 aliphatic heterocycles. The van der Waals surface area contributed by atoms with Gasteiger partial charge >= 0.3 is 0 Å². The number of alkyl halides is 2. The average molecular weight is 499 g/mol. The van der Waals surface area contributed by atoms with Crippen molar-refractivity contribution >= 4 is 0 Å². The molecule has 0 N–H and O–H groups in total. The van der Waals surface area contributed by atoms with Crippen LogP contribution in [0.3, 0.4) is 0 Å². The molecule has 0 spiro atoms. The molecule has 3 aromatic carbocycles. The smallest absolute Gasteiger partial charge is 0.270 e. The van der Waals surface area contributed by atoms with Crippen LogP contribution in [0.5, 0.6) is 11.5 Å². The lowest BCUT2D eigenvalue weighted by Gasteiger charge is -2.30. The van der Waals surface area contributed by atoms with E-state index in [4.69, 9.17) is 14.2 Å². The molecule has 4 rings (SSSR count). The maximum absolute atomic E-state index is 15.0. The van der Waals surface area contributed by atoms with Gasteiger partial charge < -0.3 is 14.2 Å². The first-order valence-electron chi connectivity index (χ1n) is 12.7. The van der Waals surface area contributed by atoms with Crippen LogP contribution in [0.4, 0.5) is 13.2 Å². The third-order valence-corrected chi connectivity index (χ3v) is 6.64. The molecule has 0 amide bonds. The van der Waals surface area contributed by atoms with E-state index in [1.54, 1.807) is 13.0 Å². The highest BCUT2D eigenvalue weighted by Crippen LogP contribution is 2.41. The molecule has 2 atom stereocenters. The van der Waals surface area contributed by atoms with Crippen LogP contribution in [0.15, 0.2) is 60.7 Å². The van der Waals surface area contributed by atoms with Crippen LogP contribution >= 0.6 is 0 Å². The van der Waals surface area contributed by atoms with E-state index in [9.17, 15) is 13.2 Å². The zero-order valence-electron chi connectivity index (χ0n) is 20.8. The SMILES string of the molecule is CCCCOc1ccc(-c2ccc(C3CCC(c4ccc(OCC)c(C(F)F)c4F)CO3)cc2)cc1. The topological polar surface area (TPSA) is 27.7 Å². The summed E-state index contributed by atoms with van der Waals surface area (Å²) in [5, 5.41) is 0. The summed E-state index contributed by atoms with van der Waals surface area (Å²) in [6.45, 7) is 5.03. The van der Waals surface area contributed by atoms with Gasteiger partial charge in [0.15, 0.2) is 0 Å². The number of hydrogen-bond acceptors (Lipinski definition) is 3. The van der Waals surface area contributed by atoms with Gasteiger partial charge in [-0.1, -0.05) is 55.8 Å². The molecule has 1 saturated heterocycles. The molecule has 3 nitrogen and oxygen atoms in total. The first-order chi connectivity index (χ1) is 17.5. The number of rotatable bonds is 10. The summed E-state index contributed by atoms with van der Waals surface area (Å²) in [7, 11) is 0. The van der Waals surface area contributed by atoms with Crippen molar-refractivity contribution in [2.24, 2.45) is 0 Å². The first-order valence-corrected chi connectivity index (χ1v) is 12.7. The van der Waals surface area contributed by atoms with E-state index in [1.807, 2.05) is 12.1 Å². The monoisotopic (exact) mass is 498 g/mol. The number of hydrogen-bond donors (Lipinski definition) is 0. The zero-order valence-corrected chi connectivity index (χ0v) is 20.8. The standard InChI is InChI=1S/C30H33F3O3/c1-3-5-18-35-24-13-10-21(11-14-24)20-6-8-22(9-7-20)26-16-12-23(19-36-26)25-15-17-27(34-4-2)28(29(25)31)30(32)33/h6-11,13-15,17,23,26,30H,3-5,12,16,18-19H2,1-2H3. The normalized spacial score (nSPS) is 17.8. The van der Waals surface area contributed by atoms with E-state index >= 15 is 0 Å². The molecule has 1 heterocycles. The van der Waals surface area contributed by atoms with Gasteiger partial charge in [-0.2, -0.15) is 0 Å². The van der Waals surface area contributed by atoms with Gasteiger partial charge in [0.25, 0.3) is 6.43 Å². The van der Waals surface area contributed by atoms with Gasteiger partial charge in [0.2, 0.25) is 0 Å². The predicted octanol–water partition coefficient (Wildman–Crippen LogP) is 8.64. The lowest BCUT2D eigenvalue weighted by Crippen LogP contribution is -2.20. The summed E-state index contributed by atoms with van der Waals surface area (Å²) >= 11 is 0. The maximum Gasteiger partial charge on any atom is 0.270 e. The van der Waals surface area contributed by atoms with E-state index in [2.05, 4.69) is 43.3 Å². The number of halogens is 3. The largest absolute Gasteiger partial charge is 0.494 e. The quantitative estimate of drug-likeness (QED) is 0.262. The van der Waals surface area contributed by atoms with Gasteiger partial charge in [0.05, 0.1) is 31.5 Å². The first kappa shape index (κ1) is 26.1. The second-order valence-electron chi connectivity index (χ2n) is 9.06. The Kier molecular flexibility index (Phi) is 8.92. The molecule has 1 aliphatic rings. The molecular weight excluding hydrogens is 465 g/mol. The molecule has 3 aromatic rings. The minimum absolute atomic E-state index is 0.0953. The van der Waals surface area contributed by atoms with Crippen molar-refractivity contribution in [2.75, 3.05) is 19.8 Å². The third kappa shape index (κ3) is 6.04. The Bertz CT molecular complexity index is 1110. The van der Waals surface area contributed by atoms with Crippen LogP contribution in [0.2, 0.25) is 0 Å². The predicted molar refractivity (Wildman–Crippen MR) is 135 cm³/mol. The van der Waals surface area contributed by atoms with Gasteiger partial charge in [-0.15, -0.1) is 0 Å². The molecule has 36 heavy (non-hydrogen) atoms. The number of benzene rings is 3. The Morgan fingerprint density at radius 1 is 0.889 bits per heavy atom. The van der Waals surface area contributed by atoms with Crippen molar-refractivity contribution in [3.05, 3.63) is 83.2 Å². The Hall–Kier alpha value is -2.99. The summed E-state index contributed by atoms with van der Waals surface area (Å²) in [5.74, 6) is -0.374. The lowest BCUT2D eigenvalue weighted by atomic mass is 9.88. The van der Waals surface area contributed by atoms with Crippen molar-refractivity contribution in [3.8, 4) is 22.6 Å². The molecule has 2 unspecified atom stereocenters. The Morgan fingerprint density at radius 2 is 1.58 bits per heavy atom.